The molecule has 6 heteroatoms. The zero-order chi connectivity index (χ0) is 15.5. The quantitative estimate of drug-likeness (QED) is 0.610. The highest BCUT2D eigenvalue weighted by atomic mass is 16.6. The maximum atomic E-state index is 11.9. The normalized spacial score (nSPS) is 20.0. The third-order valence-corrected chi connectivity index (χ3v) is 3.42. The van der Waals surface area contributed by atoms with E-state index in [9.17, 15) is 4.79 Å². The average Bonchev–Trinajstić information content (AvgIpc) is 3.11. The summed E-state index contributed by atoms with van der Waals surface area (Å²) in [6.07, 6.45) is 2.37. The summed E-state index contributed by atoms with van der Waals surface area (Å²) >= 11 is 0. The van der Waals surface area contributed by atoms with Crippen molar-refractivity contribution < 1.29 is 9.53 Å². The van der Waals surface area contributed by atoms with Gasteiger partial charge in [-0.2, -0.15) is 0 Å². The summed E-state index contributed by atoms with van der Waals surface area (Å²) in [5.41, 5.74) is -0.434. The first-order valence-corrected chi connectivity index (χ1v) is 7.90. The van der Waals surface area contributed by atoms with Gasteiger partial charge in [-0.15, -0.1) is 0 Å². The predicted molar refractivity (Wildman–Crippen MR) is 83.4 cm³/mol. The van der Waals surface area contributed by atoms with Crippen molar-refractivity contribution in [3.05, 3.63) is 0 Å². The van der Waals surface area contributed by atoms with Gasteiger partial charge in [-0.05, 0) is 46.5 Å². The lowest BCUT2D eigenvalue weighted by Crippen LogP contribution is -2.63. The van der Waals surface area contributed by atoms with Crippen LogP contribution in [-0.4, -0.2) is 54.8 Å². The highest BCUT2D eigenvalue weighted by molar-refractivity contribution is 5.80. The van der Waals surface area contributed by atoms with E-state index in [2.05, 4.69) is 22.5 Å². The summed E-state index contributed by atoms with van der Waals surface area (Å²) < 4.78 is 5.34. The minimum absolute atomic E-state index is 0.236. The molecule has 0 spiro atoms. The van der Waals surface area contributed by atoms with E-state index < -0.39 is 5.60 Å². The van der Waals surface area contributed by atoms with Gasteiger partial charge in [-0.25, -0.2) is 4.79 Å². The average molecular weight is 296 g/mol. The van der Waals surface area contributed by atoms with Gasteiger partial charge in [0.1, 0.15) is 5.60 Å². The van der Waals surface area contributed by atoms with Crippen molar-refractivity contribution in [2.24, 2.45) is 10.9 Å². The Labute approximate surface area is 127 Å². The molecule has 0 atom stereocenters. The smallest absolute Gasteiger partial charge is 0.410 e. The van der Waals surface area contributed by atoms with Gasteiger partial charge in [-0.1, -0.05) is 0 Å². The molecule has 6 nitrogen and oxygen atoms in total. The number of guanidine groups is 1. The lowest BCUT2D eigenvalue weighted by Gasteiger charge is -2.40. The maximum absolute atomic E-state index is 11.9. The van der Waals surface area contributed by atoms with Crippen molar-refractivity contribution in [1.82, 2.24) is 15.5 Å². The first-order chi connectivity index (χ1) is 9.87. The van der Waals surface area contributed by atoms with Crippen molar-refractivity contribution in [1.29, 1.82) is 0 Å². The molecule has 21 heavy (non-hydrogen) atoms. The summed E-state index contributed by atoms with van der Waals surface area (Å²) in [7, 11) is 0. The lowest BCUT2D eigenvalue weighted by molar-refractivity contribution is 0.00701. The van der Waals surface area contributed by atoms with Crippen LogP contribution in [-0.2, 0) is 4.74 Å². The van der Waals surface area contributed by atoms with Gasteiger partial charge in [0.2, 0.25) is 0 Å². The van der Waals surface area contributed by atoms with Crippen LogP contribution in [0.4, 0.5) is 4.79 Å². The van der Waals surface area contributed by atoms with Crippen molar-refractivity contribution in [3.63, 3.8) is 0 Å². The third kappa shape index (κ3) is 5.44. The number of rotatable bonds is 4. The van der Waals surface area contributed by atoms with E-state index in [1.54, 1.807) is 4.90 Å². The number of likely N-dealkylation sites (tertiary alicyclic amines) is 1. The topological polar surface area (TPSA) is 66.0 Å². The van der Waals surface area contributed by atoms with E-state index in [1.807, 2.05) is 20.8 Å². The van der Waals surface area contributed by atoms with E-state index in [0.717, 1.165) is 25.0 Å². The van der Waals surface area contributed by atoms with Crippen molar-refractivity contribution in [3.8, 4) is 0 Å². The van der Waals surface area contributed by atoms with Gasteiger partial charge in [0.15, 0.2) is 5.96 Å². The summed E-state index contributed by atoms with van der Waals surface area (Å²) in [5.74, 6) is 1.64. The highest BCUT2D eigenvalue weighted by Crippen LogP contribution is 2.28. The van der Waals surface area contributed by atoms with Crippen LogP contribution in [0.3, 0.4) is 0 Å². The number of nitrogens with one attached hydrogen (secondary N) is 2. The predicted octanol–water partition coefficient (Wildman–Crippen LogP) is 1.57. The van der Waals surface area contributed by atoms with Crippen molar-refractivity contribution >= 4 is 12.1 Å². The molecule has 1 amide bonds. The Morgan fingerprint density at radius 2 is 2.00 bits per heavy atom. The van der Waals surface area contributed by atoms with Crippen LogP contribution in [0.1, 0.15) is 40.5 Å². The molecule has 2 rings (SSSR count). The van der Waals surface area contributed by atoms with Gasteiger partial charge in [0.25, 0.3) is 0 Å². The maximum Gasteiger partial charge on any atom is 0.410 e. The number of amides is 1. The molecule has 0 unspecified atom stereocenters. The minimum Gasteiger partial charge on any atom is -0.444 e. The van der Waals surface area contributed by atoms with E-state index >= 15 is 0 Å². The first kappa shape index (κ1) is 15.9. The second kappa shape index (κ2) is 6.54. The van der Waals surface area contributed by atoms with Crippen LogP contribution in [0.2, 0.25) is 0 Å². The van der Waals surface area contributed by atoms with Gasteiger partial charge in [0, 0.05) is 26.2 Å². The summed E-state index contributed by atoms with van der Waals surface area (Å²) in [4.78, 5) is 18.2. The summed E-state index contributed by atoms with van der Waals surface area (Å²) in [5, 5.41) is 6.63. The molecule has 0 aromatic carbocycles. The summed E-state index contributed by atoms with van der Waals surface area (Å²) in [6, 6.07) is 0.259. The summed E-state index contributed by atoms with van der Waals surface area (Å²) in [6.45, 7) is 10.8. The van der Waals surface area contributed by atoms with Crippen LogP contribution in [0, 0.1) is 5.92 Å². The Morgan fingerprint density at radius 1 is 1.33 bits per heavy atom. The molecule has 1 saturated heterocycles. The third-order valence-electron chi connectivity index (χ3n) is 3.42. The monoisotopic (exact) mass is 296 g/mol. The second-order valence-corrected chi connectivity index (χ2v) is 6.89. The van der Waals surface area contributed by atoms with E-state index in [0.29, 0.717) is 13.1 Å². The SMILES string of the molecule is CCNC(=NCC1CC1)NC1CN(C(=O)OC(C)(C)C)C1. The number of hydrogen-bond donors (Lipinski definition) is 2. The molecule has 2 N–H and O–H groups in total. The molecule has 2 aliphatic rings. The van der Waals surface area contributed by atoms with Crippen molar-refractivity contribution in [2.45, 2.75) is 52.2 Å². The largest absolute Gasteiger partial charge is 0.444 e. The van der Waals surface area contributed by atoms with Gasteiger partial charge < -0.3 is 20.3 Å². The highest BCUT2D eigenvalue weighted by Gasteiger charge is 2.34. The molecular weight excluding hydrogens is 268 g/mol. The Kier molecular flexibility index (Phi) is 4.96. The van der Waals surface area contributed by atoms with Crippen molar-refractivity contribution in [2.75, 3.05) is 26.2 Å². The first-order valence-electron chi connectivity index (χ1n) is 7.90. The number of carbonyl (C=O) groups excluding carboxylic acids is 1. The van der Waals surface area contributed by atoms with E-state index in [-0.39, 0.29) is 12.1 Å². The van der Waals surface area contributed by atoms with Crippen LogP contribution >= 0.6 is 0 Å². The second-order valence-electron chi connectivity index (χ2n) is 6.89. The van der Waals surface area contributed by atoms with Crippen LogP contribution in [0.25, 0.3) is 0 Å². The standard InChI is InChI=1S/C15H28N4O2/c1-5-16-13(17-8-11-6-7-11)18-12-9-19(10-12)14(20)21-15(2,3)4/h11-12H,5-10H2,1-4H3,(H2,16,17,18). The number of nitrogens with zero attached hydrogens (tertiary/aromatic N) is 2. The molecule has 0 bridgehead atoms. The van der Waals surface area contributed by atoms with Crippen LogP contribution in [0.15, 0.2) is 4.99 Å². The molecule has 0 radical (unpaired) electrons. The van der Waals surface area contributed by atoms with Gasteiger partial charge in [-0.3, -0.25) is 4.99 Å². The minimum atomic E-state index is -0.434. The molecule has 2 fully saturated rings. The number of ether oxygens (including phenoxy) is 1. The molecule has 120 valence electrons. The fourth-order valence-electron chi connectivity index (χ4n) is 2.08. The van der Waals surface area contributed by atoms with Crippen LogP contribution in [0.5, 0.6) is 0 Å². The molecule has 0 aromatic heterocycles. The Balaban J connectivity index is 1.72. The molecular formula is C15H28N4O2. The van der Waals surface area contributed by atoms with Gasteiger partial charge in [0.05, 0.1) is 6.04 Å². The molecule has 0 aromatic rings. The number of carbonyl (C=O) groups is 1. The zero-order valence-corrected chi connectivity index (χ0v) is 13.6. The number of aliphatic imine (C=N–C) groups is 1. The molecule has 1 heterocycles. The van der Waals surface area contributed by atoms with E-state index in [1.165, 1.54) is 12.8 Å². The Morgan fingerprint density at radius 3 is 2.52 bits per heavy atom. The lowest BCUT2D eigenvalue weighted by atomic mass is 10.1. The fourth-order valence-corrected chi connectivity index (χ4v) is 2.08. The zero-order valence-electron chi connectivity index (χ0n) is 13.6. The van der Waals surface area contributed by atoms with E-state index in [4.69, 9.17) is 4.74 Å². The fraction of sp³-hybridized carbons (Fsp3) is 0.867. The molecule has 1 aliphatic carbocycles. The molecule has 1 saturated carbocycles. The molecule has 1 aliphatic heterocycles. The Bertz CT molecular complexity index is 393. The van der Waals surface area contributed by atoms with Gasteiger partial charge >= 0.3 is 6.09 Å². The van der Waals surface area contributed by atoms with Crippen LogP contribution < -0.4 is 10.6 Å². The Hall–Kier alpha value is -1.46. The number of hydrogen-bond acceptors (Lipinski definition) is 3.